The van der Waals surface area contributed by atoms with Gasteiger partial charge in [-0.1, -0.05) is 12.1 Å². The van der Waals surface area contributed by atoms with Crippen molar-refractivity contribution in [3.05, 3.63) is 42.7 Å². The maximum absolute atomic E-state index is 13.5. The molecule has 23 heavy (non-hydrogen) atoms. The summed E-state index contributed by atoms with van der Waals surface area (Å²) in [5.41, 5.74) is -1.15. The summed E-state index contributed by atoms with van der Waals surface area (Å²) in [6, 6.07) is 5.68. The molecule has 2 rings (SSSR count). The average molecular weight is 321 g/mol. The number of benzene rings is 1. The lowest BCUT2D eigenvalue weighted by Crippen LogP contribution is -2.40. The Morgan fingerprint density at radius 3 is 2.83 bits per heavy atom. The first kappa shape index (κ1) is 17.1. The number of carbonyl (C=O) groups is 1. The molecule has 0 aliphatic carbocycles. The molecule has 0 bridgehead atoms. The highest BCUT2D eigenvalue weighted by Gasteiger charge is 2.37. The predicted octanol–water partition coefficient (Wildman–Crippen LogP) is 2.19. The lowest BCUT2D eigenvalue weighted by molar-refractivity contribution is -0.151. The number of esters is 1. The third-order valence-electron chi connectivity index (χ3n) is 3.73. The fourth-order valence-electron chi connectivity index (χ4n) is 2.05. The van der Waals surface area contributed by atoms with Crippen LogP contribution in [0.3, 0.4) is 0 Å². The number of ether oxygens (including phenoxy) is 1. The van der Waals surface area contributed by atoms with Crippen LogP contribution in [0.4, 0.5) is 4.39 Å². The van der Waals surface area contributed by atoms with Crippen LogP contribution in [0, 0.1) is 11.2 Å². The van der Waals surface area contributed by atoms with Crippen molar-refractivity contribution in [1.82, 2.24) is 14.8 Å². The van der Waals surface area contributed by atoms with Crippen molar-refractivity contribution in [2.45, 2.75) is 39.3 Å². The van der Waals surface area contributed by atoms with Gasteiger partial charge in [-0.2, -0.15) is 5.10 Å². The number of aryl methyl sites for hydroxylation is 1. The molecule has 1 atom stereocenters. The van der Waals surface area contributed by atoms with E-state index in [1.165, 1.54) is 24.5 Å². The molecule has 1 N–H and O–H groups in total. The molecule has 0 saturated carbocycles. The largest absolute Gasteiger partial charge is 0.423 e. The van der Waals surface area contributed by atoms with E-state index in [9.17, 15) is 14.3 Å². The molecule has 7 heteroatoms. The molecule has 0 amide bonds. The van der Waals surface area contributed by atoms with Crippen molar-refractivity contribution in [2.24, 2.45) is 5.41 Å². The van der Waals surface area contributed by atoms with Crippen LogP contribution in [0.2, 0.25) is 0 Å². The van der Waals surface area contributed by atoms with Gasteiger partial charge in [0.05, 0.1) is 11.5 Å². The highest BCUT2D eigenvalue weighted by atomic mass is 19.1. The van der Waals surface area contributed by atoms with E-state index < -0.39 is 23.3 Å². The second kappa shape index (κ2) is 7.32. The lowest BCUT2D eigenvalue weighted by Gasteiger charge is -2.28. The quantitative estimate of drug-likeness (QED) is 0.625. The summed E-state index contributed by atoms with van der Waals surface area (Å²) in [5.74, 6) is -1.42. The van der Waals surface area contributed by atoms with Gasteiger partial charge in [-0.15, -0.1) is 0 Å². The standard InChI is InChI=1S/C16H20FN3O3/c1-16(2,14(21)8-5-9-20-11-18-10-19-20)15(22)23-13-7-4-3-6-12(13)17/h3-4,6-7,10-11,14,21H,5,8-9H2,1-2H3/t14-/m1/s1. The summed E-state index contributed by atoms with van der Waals surface area (Å²) >= 11 is 0. The number of halogens is 1. The number of aromatic nitrogens is 3. The van der Waals surface area contributed by atoms with Crippen LogP contribution in [0.5, 0.6) is 5.75 Å². The van der Waals surface area contributed by atoms with E-state index >= 15 is 0 Å². The molecule has 0 spiro atoms. The van der Waals surface area contributed by atoms with Crippen molar-refractivity contribution in [3.8, 4) is 5.75 Å². The SMILES string of the molecule is CC(C)(C(=O)Oc1ccccc1F)[C@H](O)CCCn1cncn1. The van der Waals surface area contributed by atoms with Gasteiger partial charge in [0.15, 0.2) is 11.6 Å². The summed E-state index contributed by atoms with van der Waals surface area (Å²) in [7, 11) is 0. The number of aliphatic hydroxyl groups is 1. The molecule has 0 unspecified atom stereocenters. The summed E-state index contributed by atoms with van der Waals surface area (Å²) in [6.45, 7) is 3.75. The number of hydrogen-bond acceptors (Lipinski definition) is 5. The zero-order chi connectivity index (χ0) is 16.9. The van der Waals surface area contributed by atoms with Gasteiger partial charge >= 0.3 is 5.97 Å². The number of rotatable bonds is 7. The molecular formula is C16H20FN3O3. The lowest BCUT2D eigenvalue weighted by atomic mass is 9.84. The van der Waals surface area contributed by atoms with Gasteiger partial charge in [0.1, 0.15) is 12.7 Å². The second-order valence-electron chi connectivity index (χ2n) is 5.86. The highest BCUT2D eigenvalue weighted by molar-refractivity contribution is 5.79. The number of hydrogen-bond donors (Lipinski definition) is 1. The van der Waals surface area contributed by atoms with Crippen LogP contribution < -0.4 is 4.74 Å². The predicted molar refractivity (Wildman–Crippen MR) is 81.1 cm³/mol. The molecule has 1 aromatic carbocycles. The number of carbonyl (C=O) groups excluding carboxylic acids is 1. The Kier molecular flexibility index (Phi) is 5.44. The fourth-order valence-corrected chi connectivity index (χ4v) is 2.05. The zero-order valence-corrected chi connectivity index (χ0v) is 13.1. The minimum atomic E-state index is -1.15. The van der Waals surface area contributed by atoms with Crippen molar-refractivity contribution >= 4 is 5.97 Å². The normalized spacial score (nSPS) is 12.9. The van der Waals surface area contributed by atoms with Crippen molar-refractivity contribution in [3.63, 3.8) is 0 Å². The molecule has 2 aromatic rings. The summed E-state index contributed by atoms with van der Waals surface area (Å²) in [4.78, 5) is 16.1. The molecule has 1 aromatic heterocycles. The van der Waals surface area contributed by atoms with E-state index in [-0.39, 0.29) is 5.75 Å². The van der Waals surface area contributed by atoms with Crippen LogP contribution in [0.25, 0.3) is 0 Å². The van der Waals surface area contributed by atoms with Crippen molar-refractivity contribution < 1.29 is 19.0 Å². The molecule has 124 valence electrons. The minimum absolute atomic E-state index is 0.139. The third kappa shape index (κ3) is 4.35. The number of aliphatic hydroxyl groups excluding tert-OH is 1. The summed E-state index contributed by atoms with van der Waals surface area (Å²) in [5, 5.41) is 14.2. The highest BCUT2D eigenvalue weighted by Crippen LogP contribution is 2.28. The molecule has 0 radical (unpaired) electrons. The average Bonchev–Trinajstić information content (AvgIpc) is 3.02. The van der Waals surface area contributed by atoms with Gasteiger partial charge < -0.3 is 9.84 Å². The Labute approximate surface area is 133 Å². The van der Waals surface area contributed by atoms with Gasteiger partial charge in [-0.25, -0.2) is 9.37 Å². The Balaban J connectivity index is 1.90. The second-order valence-corrected chi connectivity index (χ2v) is 5.86. The summed E-state index contributed by atoms with van der Waals surface area (Å²) < 4.78 is 20.3. The van der Waals surface area contributed by atoms with Crippen LogP contribution in [-0.4, -0.2) is 31.9 Å². The van der Waals surface area contributed by atoms with E-state index in [0.29, 0.717) is 19.4 Å². The van der Waals surface area contributed by atoms with Crippen LogP contribution in [0.15, 0.2) is 36.9 Å². The monoisotopic (exact) mass is 321 g/mol. The first-order chi connectivity index (χ1) is 10.9. The third-order valence-corrected chi connectivity index (χ3v) is 3.73. The van der Waals surface area contributed by atoms with Crippen LogP contribution >= 0.6 is 0 Å². The van der Waals surface area contributed by atoms with Gasteiger partial charge in [-0.05, 0) is 38.8 Å². The van der Waals surface area contributed by atoms with E-state index in [1.54, 1.807) is 30.9 Å². The molecule has 0 aliphatic rings. The Morgan fingerprint density at radius 2 is 2.17 bits per heavy atom. The Hall–Kier alpha value is -2.28. The topological polar surface area (TPSA) is 77.2 Å². The number of nitrogens with zero attached hydrogens (tertiary/aromatic N) is 3. The summed E-state index contributed by atoms with van der Waals surface area (Å²) in [6.07, 6.45) is 3.13. The van der Waals surface area contributed by atoms with Crippen molar-refractivity contribution in [1.29, 1.82) is 0 Å². The zero-order valence-electron chi connectivity index (χ0n) is 13.1. The van der Waals surface area contributed by atoms with Crippen LogP contribution in [-0.2, 0) is 11.3 Å². The van der Waals surface area contributed by atoms with Gasteiger partial charge in [-0.3, -0.25) is 9.48 Å². The van der Waals surface area contributed by atoms with Crippen molar-refractivity contribution in [2.75, 3.05) is 0 Å². The van der Waals surface area contributed by atoms with E-state index in [4.69, 9.17) is 4.74 Å². The first-order valence-electron chi connectivity index (χ1n) is 7.38. The molecule has 6 nitrogen and oxygen atoms in total. The maximum Gasteiger partial charge on any atom is 0.319 e. The molecule has 1 heterocycles. The molecular weight excluding hydrogens is 301 g/mol. The maximum atomic E-state index is 13.5. The minimum Gasteiger partial charge on any atom is -0.423 e. The van der Waals surface area contributed by atoms with Gasteiger partial charge in [0.2, 0.25) is 0 Å². The first-order valence-corrected chi connectivity index (χ1v) is 7.38. The van der Waals surface area contributed by atoms with E-state index in [0.717, 1.165) is 0 Å². The smallest absolute Gasteiger partial charge is 0.319 e. The van der Waals surface area contributed by atoms with E-state index in [1.807, 2.05) is 0 Å². The van der Waals surface area contributed by atoms with E-state index in [2.05, 4.69) is 10.1 Å². The fraction of sp³-hybridized carbons (Fsp3) is 0.438. The van der Waals surface area contributed by atoms with Crippen LogP contribution in [0.1, 0.15) is 26.7 Å². The molecule has 0 fully saturated rings. The number of para-hydroxylation sites is 1. The molecule has 0 aliphatic heterocycles. The molecule has 0 saturated heterocycles. The van der Waals surface area contributed by atoms with Gasteiger partial charge in [0.25, 0.3) is 0 Å². The van der Waals surface area contributed by atoms with Gasteiger partial charge in [0, 0.05) is 6.54 Å². The Bertz CT molecular complexity index is 644. The Morgan fingerprint density at radius 1 is 1.43 bits per heavy atom.